The molecule has 0 aromatic rings. The molecule has 1 saturated carbocycles. The number of hydrogen-bond donors (Lipinski definition) is 0. The number of hydrogen-bond acceptors (Lipinski definition) is 3. The summed E-state index contributed by atoms with van der Waals surface area (Å²) in [6, 6.07) is 0. The minimum absolute atomic E-state index is 0.0818. The van der Waals surface area contributed by atoms with Gasteiger partial charge in [-0.05, 0) is 44.9 Å². The first-order chi connectivity index (χ1) is 9.95. The summed E-state index contributed by atoms with van der Waals surface area (Å²) in [5, 5.41) is 0. The van der Waals surface area contributed by atoms with Crippen LogP contribution in [0.15, 0.2) is 0 Å². The van der Waals surface area contributed by atoms with Crippen LogP contribution in [0, 0.1) is 0 Å². The van der Waals surface area contributed by atoms with Crippen molar-refractivity contribution in [2.45, 2.75) is 89.4 Å². The molecule has 3 nitrogen and oxygen atoms in total. The molecule has 0 aromatic carbocycles. The van der Waals surface area contributed by atoms with Gasteiger partial charge in [-0.3, -0.25) is 0 Å². The van der Waals surface area contributed by atoms with E-state index in [2.05, 4.69) is 0 Å². The molecule has 1 atom stereocenters. The SMILES string of the molecule is C(CCCOC1CCCCO1)CCOC1CCCCC1. The summed E-state index contributed by atoms with van der Waals surface area (Å²) >= 11 is 0. The molecule has 1 heterocycles. The van der Waals surface area contributed by atoms with Gasteiger partial charge in [0.1, 0.15) is 0 Å². The Kier molecular flexibility index (Phi) is 8.60. The molecular formula is C17H32O3. The van der Waals surface area contributed by atoms with Crippen molar-refractivity contribution in [3.63, 3.8) is 0 Å². The van der Waals surface area contributed by atoms with Crippen LogP contribution in [0.25, 0.3) is 0 Å². The molecule has 2 fully saturated rings. The third-order valence-electron chi connectivity index (χ3n) is 4.39. The quantitative estimate of drug-likeness (QED) is 0.586. The van der Waals surface area contributed by atoms with E-state index in [1.54, 1.807) is 0 Å². The second-order valence-electron chi connectivity index (χ2n) is 6.21. The van der Waals surface area contributed by atoms with Gasteiger partial charge in [-0.15, -0.1) is 0 Å². The average Bonchev–Trinajstić information content (AvgIpc) is 2.52. The predicted molar refractivity (Wildman–Crippen MR) is 80.8 cm³/mol. The van der Waals surface area contributed by atoms with Crippen LogP contribution in [-0.4, -0.2) is 32.2 Å². The number of ether oxygens (including phenoxy) is 3. The van der Waals surface area contributed by atoms with Crippen LogP contribution in [-0.2, 0) is 14.2 Å². The summed E-state index contributed by atoms with van der Waals surface area (Å²) < 4.78 is 17.2. The van der Waals surface area contributed by atoms with E-state index in [-0.39, 0.29) is 6.29 Å². The molecular weight excluding hydrogens is 252 g/mol. The molecule has 0 N–H and O–H groups in total. The first-order valence-electron chi connectivity index (χ1n) is 8.80. The van der Waals surface area contributed by atoms with Gasteiger partial charge in [0.2, 0.25) is 0 Å². The van der Waals surface area contributed by atoms with E-state index >= 15 is 0 Å². The molecule has 0 amide bonds. The van der Waals surface area contributed by atoms with Crippen molar-refractivity contribution in [1.82, 2.24) is 0 Å². The van der Waals surface area contributed by atoms with Gasteiger partial charge >= 0.3 is 0 Å². The summed E-state index contributed by atoms with van der Waals surface area (Å²) in [5.74, 6) is 0. The predicted octanol–water partition coefficient (Wildman–Crippen LogP) is 4.44. The molecule has 20 heavy (non-hydrogen) atoms. The minimum atomic E-state index is 0.0818. The molecule has 118 valence electrons. The molecule has 1 saturated heterocycles. The molecule has 0 aromatic heterocycles. The van der Waals surface area contributed by atoms with E-state index < -0.39 is 0 Å². The fourth-order valence-electron chi connectivity index (χ4n) is 3.10. The first kappa shape index (κ1) is 16.3. The van der Waals surface area contributed by atoms with Gasteiger partial charge < -0.3 is 14.2 Å². The normalized spacial score (nSPS) is 24.9. The highest BCUT2D eigenvalue weighted by atomic mass is 16.7. The zero-order valence-corrected chi connectivity index (χ0v) is 13.0. The Morgan fingerprint density at radius 1 is 0.700 bits per heavy atom. The molecule has 1 aliphatic carbocycles. The van der Waals surface area contributed by atoms with Crippen molar-refractivity contribution >= 4 is 0 Å². The van der Waals surface area contributed by atoms with Gasteiger partial charge in [0.15, 0.2) is 6.29 Å². The second kappa shape index (κ2) is 10.6. The average molecular weight is 284 g/mol. The monoisotopic (exact) mass is 284 g/mol. The Balaban J connectivity index is 1.33. The molecule has 0 radical (unpaired) electrons. The van der Waals surface area contributed by atoms with Crippen LogP contribution in [0.1, 0.15) is 77.0 Å². The summed E-state index contributed by atoms with van der Waals surface area (Å²) in [6.45, 7) is 2.69. The Labute approximate surface area is 124 Å². The van der Waals surface area contributed by atoms with Crippen LogP contribution < -0.4 is 0 Å². The lowest BCUT2D eigenvalue weighted by molar-refractivity contribution is -0.162. The van der Waals surface area contributed by atoms with Gasteiger partial charge in [-0.25, -0.2) is 0 Å². The van der Waals surface area contributed by atoms with E-state index in [9.17, 15) is 0 Å². The fourth-order valence-corrected chi connectivity index (χ4v) is 3.10. The smallest absolute Gasteiger partial charge is 0.157 e. The lowest BCUT2D eigenvalue weighted by Gasteiger charge is -2.22. The van der Waals surface area contributed by atoms with Crippen molar-refractivity contribution < 1.29 is 14.2 Å². The highest BCUT2D eigenvalue weighted by Crippen LogP contribution is 2.20. The van der Waals surface area contributed by atoms with Gasteiger partial charge in [0.25, 0.3) is 0 Å². The van der Waals surface area contributed by atoms with E-state index in [1.807, 2.05) is 0 Å². The lowest BCUT2D eigenvalue weighted by Crippen LogP contribution is -2.22. The van der Waals surface area contributed by atoms with Crippen LogP contribution in [0.2, 0.25) is 0 Å². The maximum absolute atomic E-state index is 5.93. The van der Waals surface area contributed by atoms with Crippen molar-refractivity contribution in [3.8, 4) is 0 Å². The first-order valence-corrected chi connectivity index (χ1v) is 8.80. The van der Waals surface area contributed by atoms with E-state index in [4.69, 9.17) is 14.2 Å². The molecule has 3 heteroatoms. The van der Waals surface area contributed by atoms with Gasteiger partial charge in [0, 0.05) is 19.8 Å². The Morgan fingerprint density at radius 3 is 2.10 bits per heavy atom. The van der Waals surface area contributed by atoms with Gasteiger partial charge in [-0.2, -0.15) is 0 Å². The summed E-state index contributed by atoms with van der Waals surface area (Å²) in [5.41, 5.74) is 0. The van der Waals surface area contributed by atoms with Crippen LogP contribution in [0.4, 0.5) is 0 Å². The van der Waals surface area contributed by atoms with Gasteiger partial charge in [-0.1, -0.05) is 32.1 Å². The van der Waals surface area contributed by atoms with Crippen LogP contribution in [0.5, 0.6) is 0 Å². The Morgan fingerprint density at radius 2 is 1.40 bits per heavy atom. The van der Waals surface area contributed by atoms with E-state index in [0.717, 1.165) is 32.7 Å². The van der Waals surface area contributed by atoms with Crippen molar-refractivity contribution in [2.24, 2.45) is 0 Å². The molecule has 2 aliphatic rings. The number of rotatable bonds is 9. The van der Waals surface area contributed by atoms with Crippen molar-refractivity contribution in [2.75, 3.05) is 19.8 Å². The topological polar surface area (TPSA) is 27.7 Å². The molecule has 0 bridgehead atoms. The third-order valence-corrected chi connectivity index (χ3v) is 4.39. The molecule has 0 spiro atoms. The van der Waals surface area contributed by atoms with Crippen molar-refractivity contribution in [3.05, 3.63) is 0 Å². The third kappa shape index (κ3) is 7.05. The second-order valence-corrected chi connectivity index (χ2v) is 6.21. The Hall–Kier alpha value is -0.120. The highest BCUT2D eigenvalue weighted by Gasteiger charge is 2.14. The van der Waals surface area contributed by atoms with E-state index in [0.29, 0.717) is 6.10 Å². The maximum Gasteiger partial charge on any atom is 0.157 e. The van der Waals surface area contributed by atoms with E-state index in [1.165, 1.54) is 64.2 Å². The zero-order valence-electron chi connectivity index (χ0n) is 13.0. The molecule has 1 unspecified atom stereocenters. The van der Waals surface area contributed by atoms with Crippen LogP contribution >= 0.6 is 0 Å². The zero-order chi connectivity index (χ0) is 13.9. The minimum Gasteiger partial charge on any atom is -0.378 e. The Bertz CT molecular complexity index is 196. The van der Waals surface area contributed by atoms with Gasteiger partial charge in [0.05, 0.1) is 6.10 Å². The standard InChI is InChI=1S/C17H32O3/c1(7-13-18-16-10-4-3-5-11-16)2-8-14-19-17-12-6-9-15-20-17/h16-17H,1-15H2. The molecule has 1 aliphatic heterocycles. The van der Waals surface area contributed by atoms with Crippen LogP contribution in [0.3, 0.4) is 0 Å². The lowest BCUT2D eigenvalue weighted by atomic mass is 9.98. The molecule has 2 rings (SSSR count). The highest BCUT2D eigenvalue weighted by molar-refractivity contribution is 4.64. The maximum atomic E-state index is 5.93. The number of unbranched alkanes of at least 4 members (excludes halogenated alkanes) is 3. The fraction of sp³-hybridized carbons (Fsp3) is 1.00. The largest absolute Gasteiger partial charge is 0.378 e. The summed E-state index contributed by atoms with van der Waals surface area (Å²) in [6.07, 6.45) is 15.8. The van der Waals surface area contributed by atoms with Crippen molar-refractivity contribution in [1.29, 1.82) is 0 Å². The summed E-state index contributed by atoms with van der Waals surface area (Å²) in [4.78, 5) is 0. The summed E-state index contributed by atoms with van der Waals surface area (Å²) in [7, 11) is 0.